The molecule has 1 heterocycles. The van der Waals surface area contributed by atoms with Crippen LogP contribution in [0.5, 0.6) is 0 Å². The molecule has 2 N–H and O–H groups in total. The maximum absolute atomic E-state index is 11.0. The lowest BCUT2D eigenvalue weighted by atomic mass is 9.81. The van der Waals surface area contributed by atoms with Crippen molar-refractivity contribution in [3.8, 4) is 0 Å². The van der Waals surface area contributed by atoms with Gasteiger partial charge in [0.05, 0.1) is 11.0 Å². The SMILES string of the molecule is CCC(=O)O.CCC(CC)(CC(=O)O)C1SCC(CS)S1. The third-order valence-electron chi connectivity index (χ3n) is 3.67. The van der Waals surface area contributed by atoms with Crippen molar-refractivity contribution in [2.75, 3.05) is 11.5 Å². The molecular formula is C14H26O4S3. The second kappa shape index (κ2) is 10.7. The lowest BCUT2D eigenvalue weighted by Crippen LogP contribution is -2.31. The smallest absolute Gasteiger partial charge is 0.303 e. The third-order valence-corrected chi connectivity index (χ3v) is 8.17. The molecule has 0 radical (unpaired) electrons. The normalized spacial score (nSPS) is 21.5. The van der Waals surface area contributed by atoms with Gasteiger partial charge in [-0.1, -0.05) is 20.8 Å². The summed E-state index contributed by atoms with van der Waals surface area (Å²) in [4.78, 5) is 20.4. The first kappa shape index (κ1) is 21.0. The Balaban J connectivity index is 0.000000690. The summed E-state index contributed by atoms with van der Waals surface area (Å²) in [6, 6.07) is 0. The second-order valence-electron chi connectivity index (χ2n) is 4.99. The van der Waals surface area contributed by atoms with Crippen LogP contribution in [0, 0.1) is 5.41 Å². The summed E-state index contributed by atoms with van der Waals surface area (Å²) < 4.78 is 0.427. The lowest BCUT2D eigenvalue weighted by molar-refractivity contribution is -0.140. The average molecular weight is 355 g/mol. The fourth-order valence-corrected chi connectivity index (χ4v) is 6.63. The monoisotopic (exact) mass is 354 g/mol. The largest absolute Gasteiger partial charge is 0.481 e. The van der Waals surface area contributed by atoms with Gasteiger partial charge in [-0.05, 0) is 12.8 Å². The van der Waals surface area contributed by atoms with Crippen LogP contribution in [0.25, 0.3) is 0 Å². The molecule has 0 aromatic rings. The van der Waals surface area contributed by atoms with Gasteiger partial charge in [-0.25, -0.2) is 0 Å². The van der Waals surface area contributed by atoms with Crippen LogP contribution in [0.15, 0.2) is 0 Å². The summed E-state index contributed by atoms with van der Waals surface area (Å²) >= 11 is 8.19. The van der Waals surface area contributed by atoms with Crippen molar-refractivity contribution in [2.45, 2.75) is 56.3 Å². The second-order valence-corrected chi connectivity index (χ2v) is 8.21. The van der Waals surface area contributed by atoms with E-state index in [9.17, 15) is 9.59 Å². The van der Waals surface area contributed by atoms with E-state index in [1.807, 2.05) is 23.5 Å². The number of hydrogen-bond donors (Lipinski definition) is 3. The Labute approximate surface area is 141 Å². The summed E-state index contributed by atoms with van der Waals surface area (Å²) in [5.74, 6) is 0.592. The molecule has 0 bridgehead atoms. The summed E-state index contributed by atoms with van der Waals surface area (Å²) in [5, 5.41) is 17.4. The number of thioether (sulfide) groups is 2. The molecule has 4 nitrogen and oxygen atoms in total. The number of rotatable bonds is 7. The van der Waals surface area contributed by atoms with E-state index in [4.69, 9.17) is 10.2 Å². The molecule has 0 amide bonds. The zero-order valence-corrected chi connectivity index (χ0v) is 15.4. The minimum absolute atomic E-state index is 0.0428. The molecule has 2 unspecified atom stereocenters. The highest BCUT2D eigenvalue weighted by atomic mass is 32.2. The third kappa shape index (κ3) is 7.19. The Hall–Kier alpha value is -0.0100. The Morgan fingerprint density at radius 3 is 2.00 bits per heavy atom. The molecule has 0 spiro atoms. The molecule has 1 rings (SSSR count). The molecule has 2 atom stereocenters. The molecule has 1 aliphatic heterocycles. The molecule has 1 saturated heterocycles. The fraction of sp³-hybridized carbons (Fsp3) is 0.857. The van der Waals surface area contributed by atoms with Gasteiger partial charge in [0.2, 0.25) is 0 Å². The molecule has 7 heteroatoms. The Morgan fingerprint density at radius 1 is 1.19 bits per heavy atom. The van der Waals surface area contributed by atoms with Crippen molar-refractivity contribution in [1.82, 2.24) is 0 Å². The number of hydrogen-bond acceptors (Lipinski definition) is 5. The summed E-state index contributed by atoms with van der Waals surface area (Å²) in [7, 11) is 0. The van der Waals surface area contributed by atoms with Crippen LogP contribution >= 0.6 is 36.2 Å². The van der Waals surface area contributed by atoms with E-state index in [1.165, 1.54) is 0 Å². The summed E-state index contributed by atoms with van der Waals surface area (Å²) in [5.41, 5.74) is -0.0428. The number of carboxylic acid groups (broad SMARTS) is 2. The highest BCUT2D eigenvalue weighted by Crippen LogP contribution is 2.52. The topological polar surface area (TPSA) is 74.6 Å². The van der Waals surface area contributed by atoms with E-state index in [2.05, 4.69) is 26.5 Å². The average Bonchev–Trinajstić information content (AvgIpc) is 2.94. The van der Waals surface area contributed by atoms with Crippen LogP contribution < -0.4 is 0 Å². The number of aliphatic carboxylic acids is 2. The van der Waals surface area contributed by atoms with Gasteiger partial charge in [-0.3, -0.25) is 9.59 Å². The standard InChI is InChI=1S/C11H20O2S3.C3H6O2/c1-3-11(4-2,5-9(12)13)10-15-7-8(6-14)16-10;1-2-3(4)5/h8,10,14H,3-7H2,1-2H3,(H,12,13);2H2,1H3,(H,4,5). The quantitative estimate of drug-likeness (QED) is 0.603. The first-order valence-corrected chi connectivity index (χ1v) is 9.79. The van der Waals surface area contributed by atoms with Crippen LogP contribution in [0.2, 0.25) is 0 Å². The van der Waals surface area contributed by atoms with Crippen molar-refractivity contribution in [2.24, 2.45) is 5.41 Å². The van der Waals surface area contributed by atoms with Gasteiger partial charge >= 0.3 is 11.9 Å². The van der Waals surface area contributed by atoms with Gasteiger partial charge in [-0.15, -0.1) is 23.5 Å². The Bertz CT molecular complexity index is 332. The molecule has 1 aliphatic rings. The van der Waals surface area contributed by atoms with E-state index >= 15 is 0 Å². The van der Waals surface area contributed by atoms with Crippen molar-refractivity contribution in [1.29, 1.82) is 0 Å². The first-order valence-electron chi connectivity index (χ1n) is 7.16. The molecule has 0 aromatic carbocycles. The van der Waals surface area contributed by atoms with Gasteiger partial charge in [0.15, 0.2) is 0 Å². The van der Waals surface area contributed by atoms with E-state index < -0.39 is 11.9 Å². The maximum atomic E-state index is 11.0. The van der Waals surface area contributed by atoms with E-state index in [0.717, 1.165) is 24.3 Å². The predicted octanol–water partition coefficient (Wildman–Crippen LogP) is 3.85. The molecule has 0 saturated carbocycles. The Morgan fingerprint density at radius 2 is 1.71 bits per heavy atom. The van der Waals surface area contributed by atoms with E-state index in [0.29, 0.717) is 16.3 Å². The van der Waals surface area contributed by atoms with Crippen LogP contribution in [0.3, 0.4) is 0 Å². The highest BCUT2D eigenvalue weighted by Gasteiger charge is 2.42. The first-order chi connectivity index (χ1) is 9.84. The van der Waals surface area contributed by atoms with Crippen molar-refractivity contribution in [3.05, 3.63) is 0 Å². The van der Waals surface area contributed by atoms with Crippen LogP contribution in [-0.4, -0.2) is 43.5 Å². The van der Waals surface area contributed by atoms with Gasteiger partial charge < -0.3 is 10.2 Å². The van der Waals surface area contributed by atoms with Crippen molar-refractivity contribution >= 4 is 48.1 Å². The minimum Gasteiger partial charge on any atom is -0.481 e. The lowest BCUT2D eigenvalue weighted by Gasteiger charge is -2.35. The number of carboxylic acids is 2. The minimum atomic E-state index is -0.745. The van der Waals surface area contributed by atoms with E-state index in [1.54, 1.807) is 6.92 Å². The maximum Gasteiger partial charge on any atom is 0.303 e. The van der Waals surface area contributed by atoms with Gasteiger partial charge in [0.25, 0.3) is 0 Å². The van der Waals surface area contributed by atoms with E-state index in [-0.39, 0.29) is 11.8 Å². The van der Waals surface area contributed by atoms with Crippen LogP contribution in [-0.2, 0) is 9.59 Å². The zero-order chi connectivity index (χ0) is 16.5. The zero-order valence-electron chi connectivity index (χ0n) is 12.9. The van der Waals surface area contributed by atoms with Gasteiger partial charge in [0, 0.05) is 28.6 Å². The molecule has 1 fully saturated rings. The van der Waals surface area contributed by atoms with Gasteiger partial charge in [0.1, 0.15) is 0 Å². The van der Waals surface area contributed by atoms with Crippen LogP contribution in [0.1, 0.15) is 46.5 Å². The highest BCUT2D eigenvalue weighted by molar-refractivity contribution is 8.20. The summed E-state index contributed by atoms with van der Waals surface area (Å²) in [6.07, 6.45) is 2.41. The molecule has 21 heavy (non-hydrogen) atoms. The predicted molar refractivity (Wildman–Crippen MR) is 94.7 cm³/mol. The summed E-state index contributed by atoms with van der Waals surface area (Å²) in [6.45, 7) is 5.82. The number of carbonyl (C=O) groups is 2. The van der Waals surface area contributed by atoms with Crippen LogP contribution in [0.4, 0.5) is 0 Å². The number of thiol groups is 1. The van der Waals surface area contributed by atoms with Crippen molar-refractivity contribution in [3.63, 3.8) is 0 Å². The van der Waals surface area contributed by atoms with Crippen molar-refractivity contribution < 1.29 is 19.8 Å². The molecule has 0 aliphatic carbocycles. The molecule has 0 aromatic heterocycles. The van der Waals surface area contributed by atoms with Gasteiger partial charge in [-0.2, -0.15) is 12.6 Å². The fourth-order valence-electron chi connectivity index (χ4n) is 2.08. The molecular weight excluding hydrogens is 328 g/mol. The Kier molecular flexibility index (Phi) is 10.7. The molecule has 124 valence electrons.